The van der Waals surface area contributed by atoms with Gasteiger partial charge in [-0.1, -0.05) is 39.2 Å². The predicted octanol–water partition coefficient (Wildman–Crippen LogP) is 4.62. The Morgan fingerprint density at radius 3 is 2.58 bits per heavy atom. The summed E-state index contributed by atoms with van der Waals surface area (Å²) < 4.78 is 6.44. The molecule has 0 spiro atoms. The molecule has 0 atom stereocenters. The average molecular weight is 404 g/mol. The summed E-state index contributed by atoms with van der Waals surface area (Å²) in [5.41, 5.74) is 0.797. The Morgan fingerprint density at radius 2 is 1.83 bits per heavy atom. The smallest absolute Gasteiger partial charge is 0.322 e. The van der Waals surface area contributed by atoms with Gasteiger partial charge in [-0.2, -0.15) is 0 Å². The van der Waals surface area contributed by atoms with E-state index in [4.69, 9.17) is 4.42 Å². The normalized spacial score (nSPS) is 10.5. The number of hydrogen-bond acceptors (Lipinski definition) is 5. The number of nitrogens with zero attached hydrogens (tertiary/aromatic N) is 2. The highest BCUT2D eigenvalue weighted by molar-refractivity contribution is 9.10. The third-order valence-corrected chi connectivity index (χ3v) is 4.65. The van der Waals surface area contributed by atoms with Gasteiger partial charge < -0.3 is 4.42 Å². The summed E-state index contributed by atoms with van der Waals surface area (Å²) in [7, 11) is 0. The third kappa shape index (κ3) is 4.69. The molecule has 0 saturated carbocycles. The van der Waals surface area contributed by atoms with Crippen LogP contribution in [-0.4, -0.2) is 21.9 Å². The number of benzene rings is 2. The molecule has 1 N–H and O–H groups in total. The number of carbonyl (C=O) groups is 1. The van der Waals surface area contributed by atoms with E-state index in [1.165, 1.54) is 0 Å². The molecule has 1 amide bonds. The van der Waals surface area contributed by atoms with E-state index in [-0.39, 0.29) is 11.9 Å². The molecule has 3 aromatic rings. The summed E-state index contributed by atoms with van der Waals surface area (Å²) >= 11 is 5.00. The maximum atomic E-state index is 11.9. The number of halogens is 1. The van der Waals surface area contributed by atoms with Gasteiger partial charge in [-0.15, -0.1) is 16.9 Å². The third-order valence-electron chi connectivity index (χ3n) is 3.10. The number of amides is 1. The van der Waals surface area contributed by atoms with Gasteiger partial charge in [0.15, 0.2) is 0 Å². The van der Waals surface area contributed by atoms with E-state index < -0.39 is 0 Å². The van der Waals surface area contributed by atoms with Crippen molar-refractivity contribution >= 4 is 39.6 Å². The highest BCUT2D eigenvalue weighted by atomic mass is 79.9. The monoisotopic (exact) mass is 403 g/mol. The summed E-state index contributed by atoms with van der Waals surface area (Å²) in [6, 6.07) is 17.6. The molecule has 0 aliphatic rings. The Bertz CT molecular complexity index is 806. The minimum Gasteiger partial charge on any atom is -0.403 e. The molecule has 5 nitrogen and oxygen atoms in total. The van der Waals surface area contributed by atoms with E-state index in [1.807, 2.05) is 54.6 Å². The molecule has 1 heterocycles. The van der Waals surface area contributed by atoms with Crippen molar-refractivity contribution in [3.8, 4) is 11.5 Å². The molecule has 24 heavy (non-hydrogen) atoms. The van der Waals surface area contributed by atoms with Crippen LogP contribution in [0, 0.1) is 0 Å². The van der Waals surface area contributed by atoms with Gasteiger partial charge in [0.1, 0.15) is 0 Å². The van der Waals surface area contributed by atoms with Crippen LogP contribution in [-0.2, 0) is 4.79 Å². The van der Waals surface area contributed by atoms with Crippen molar-refractivity contribution in [3.63, 3.8) is 0 Å². The van der Waals surface area contributed by atoms with Crippen molar-refractivity contribution < 1.29 is 9.21 Å². The Hall–Kier alpha value is -2.12. The lowest BCUT2D eigenvalue weighted by Gasteiger charge is -2.01. The molecule has 2 aromatic carbocycles. The first-order valence-electron chi connectivity index (χ1n) is 7.28. The van der Waals surface area contributed by atoms with Gasteiger partial charge in [0.05, 0.1) is 0 Å². The summed E-state index contributed by atoms with van der Waals surface area (Å²) in [5.74, 6) is 0.907. The zero-order valence-electron chi connectivity index (χ0n) is 12.6. The van der Waals surface area contributed by atoms with Crippen LogP contribution >= 0.6 is 27.7 Å². The van der Waals surface area contributed by atoms with E-state index >= 15 is 0 Å². The molecule has 7 heteroatoms. The second-order valence-electron chi connectivity index (χ2n) is 4.88. The second kappa shape index (κ2) is 8.12. The number of thioether (sulfide) groups is 1. The van der Waals surface area contributed by atoms with Crippen LogP contribution < -0.4 is 5.32 Å². The standard InChI is InChI=1S/C17H14BrN3O2S/c18-13-8-6-12(7-9-13)16-20-21-17(23-16)19-15(22)10-11-24-14-4-2-1-3-5-14/h1-9H,10-11H2,(H,19,21,22). The van der Waals surface area contributed by atoms with Gasteiger partial charge in [0, 0.05) is 27.1 Å². The topological polar surface area (TPSA) is 68.0 Å². The number of carbonyl (C=O) groups excluding carboxylic acids is 1. The molecule has 122 valence electrons. The zero-order valence-corrected chi connectivity index (χ0v) is 15.0. The fourth-order valence-electron chi connectivity index (χ4n) is 1.94. The van der Waals surface area contributed by atoms with Crippen LogP contribution in [0.1, 0.15) is 6.42 Å². The minimum atomic E-state index is -0.149. The van der Waals surface area contributed by atoms with Crippen molar-refractivity contribution in [2.24, 2.45) is 0 Å². The number of nitrogens with one attached hydrogen (secondary N) is 1. The first-order chi connectivity index (χ1) is 11.7. The van der Waals surface area contributed by atoms with Gasteiger partial charge in [-0.25, -0.2) is 0 Å². The van der Waals surface area contributed by atoms with E-state index in [2.05, 4.69) is 31.4 Å². The average Bonchev–Trinajstić information content (AvgIpc) is 3.05. The molecule has 1 aromatic heterocycles. The Kier molecular flexibility index (Phi) is 5.66. The lowest BCUT2D eigenvalue weighted by molar-refractivity contribution is -0.115. The summed E-state index contributed by atoms with van der Waals surface area (Å²) in [6.07, 6.45) is 0.371. The van der Waals surface area contributed by atoms with E-state index in [1.54, 1.807) is 11.8 Å². The van der Waals surface area contributed by atoms with Crippen LogP contribution in [0.5, 0.6) is 0 Å². The quantitative estimate of drug-likeness (QED) is 0.608. The van der Waals surface area contributed by atoms with Gasteiger partial charge >= 0.3 is 6.01 Å². The maximum Gasteiger partial charge on any atom is 0.322 e. The van der Waals surface area contributed by atoms with Gasteiger partial charge in [0.2, 0.25) is 11.8 Å². The molecule has 0 fully saturated rings. The lowest BCUT2D eigenvalue weighted by Crippen LogP contribution is -2.12. The molecule has 0 saturated heterocycles. The second-order valence-corrected chi connectivity index (χ2v) is 6.96. The van der Waals surface area contributed by atoms with Crippen LogP contribution in [0.4, 0.5) is 6.01 Å². The fourth-order valence-corrected chi connectivity index (χ4v) is 3.08. The van der Waals surface area contributed by atoms with Crippen molar-refractivity contribution in [2.45, 2.75) is 11.3 Å². The van der Waals surface area contributed by atoms with E-state index in [9.17, 15) is 4.79 Å². The number of anilines is 1. The molecule has 0 unspecified atom stereocenters. The summed E-state index contributed by atoms with van der Waals surface area (Å²) in [6.45, 7) is 0. The molecule has 0 radical (unpaired) electrons. The van der Waals surface area contributed by atoms with E-state index in [0.717, 1.165) is 14.9 Å². The van der Waals surface area contributed by atoms with Crippen LogP contribution in [0.25, 0.3) is 11.5 Å². The lowest BCUT2D eigenvalue weighted by atomic mass is 10.2. The number of rotatable bonds is 6. The minimum absolute atomic E-state index is 0.114. The maximum absolute atomic E-state index is 11.9. The highest BCUT2D eigenvalue weighted by Gasteiger charge is 2.11. The largest absolute Gasteiger partial charge is 0.403 e. The Labute approximate surface area is 152 Å². The number of aromatic nitrogens is 2. The highest BCUT2D eigenvalue weighted by Crippen LogP contribution is 2.22. The predicted molar refractivity (Wildman–Crippen MR) is 97.8 cm³/mol. The SMILES string of the molecule is O=C(CCSc1ccccc1)Nc1nnc(-c2ccc(Br)cc2)o1. The molecular weight excluding hydrogens is 390 g/mol. The molecule has 3 rings (SSSR count). The molecular formula is C17H14BrN3O2S. The Balaban J connectivity index is 1.51. The van der Waals surface area contributed by atoms with E-state index in [0.29, 0.717) is 18.1 Å². The fraction of sp³-hybridized carbons (Fsp3) is 0.118. The van der Waals surface area contributed by atoms with Crippen molar-refractivity contribution in [3.05, 3.63) is 59.1 Å². The van der Waals surface area contributed by atoms with Crippen LogP contribution in [0.15, 0.2) is 68.4 Å². The Morgan fingerprint density at radius 1 is 1.08 bits per heavy atom. The van der Waals surface area contributed by atoms with Crippen molar-refractivity contribution in [1.82, 2.24) is 10.2 Å². The van der Waals surface area contributed by atoms with Gasteiger partial charge in [-0.3, -0.25) is 10.1 Å². The first-order valence-corrected chi connectivity index (χ1v) is 9.06. The van der Waals surface area contributed by atoms with Crippen LogP contribution in [0.3, 0.4) is 0 Å². The molecule has 0 bridgehead atoms. The summed E-state index contributed by atoms with van der Waals surface area (Å²) in [5, 5.41) is 10.4. The first kappa shape index (κ1) is 16.7. The van der Waals surface area contributed by atoms with Crippen molar-refractivity contribution in [1.29, 1.82) is 0 Å². The molecule has 0 aliphatic heterocycles. The zero-order chi connectivity index (χ0) is 16.8. The van der Waals surface area contributed by atoms with Gasteiger partial charge in [-0.05, 0) is 36.4 Å². The van der Waals surface area contributed by atoms with Crippen LogP contribution in [0.2, 0.25) is 0 Å². The van der Waals surface area contributed by atoms with Gasteiger partial charge in [0.25, 0.3) is 0 Å². The van der Waals surface area contributed by atoms with Crippen molar-refractivity contribution in [2.75, 3.05) is 11.1 Å². The summed E-state index contributed by atoms with van der Waals surface area (Å²) in [4.78, 5) is 13.1. The number of hydrogen-bond donors (Lipinski definition) is 1. The molecule has 0 aliphatic carbocycles.